The van der Waals surface area contributed by atoms with Crippen molar-refractivity contribution in [3.8, 4) is 0 Å². The van der Waals surface area contributed by atoms with Crippen LogP contribution in [0.2, 0.25) is 0 Å². The van der Waals surface area contributed by atoms with Crippen LogP contribution in [-0.2, 0) is 11.2 Å². The molecule has 1 aromatic carbocycles. The number of hydrogen-bond donors (Lipinski definition) is 2. The fourth-order valence-corrected chi connectivity index (χ4v) is 2.93. The number of nitrogen functional groups attached to an aromatic ring is 1. The monoisotopic (exact) mass is 289 g/mol. The minimum Gasteiger partial charge on any atom is -0.399 e. The molecule has 1 aliphatic heterocycles. The van der Waals surface area contributed by atoms with Crippen molar-refractivity contribution in [1.82, 2.24) is 10.2 Å². The first-order valence-corrected chi connectivity index (χ1v) is 8.04. The van der Waals surface area contributed by atoms with E-state index in [1.54, 1.807) is 0 Å². The van der Waals surface area contributed by atoms with Gasteiger partial charge in [-0.1, -0.05) is 25.1 Å². The first-order valence-electron chi connectivity index (χ1n) is 8.04. The standard InChI is InChI=1S/C17H27N3O/c1-2-11-20-12-9-15(10-13-20)19-17(21)8-7-14-5-3-4-6-16(14)18/h3-6,15H,2,7-13,18H2,1H3,(H,19,21). The fourth-order valence-electron chi connectivity index (χ4n) is 2.93. The van der Waals surface area contributed by atoms with Gasteiger partial charge in [-0.15, -0.1) is 0 Å². The van der Waals surface area contributed by atoms with E-state index in [-0.39, 0.29) is 5.91 Å². The van der Waals surface area contributed by atoms with Crippen LogP contribution in [0.1, 0.15) is 38.2 Å². The van der Waals surface area contributed by atoms with Crippen molar-refractivity contribution in [3.63, 3.8) is 0 Å². The Morgan fingerprint density at radius 1 is 1.33 bits per heavy atom. The van der Waals surface area contributed by atoms with Crippen LogP contribution >= 0.6 is 0 Å². The Balaban J connectivity index is 1.70. The molecule has 1 amide bonds. The topological polar surface area (TPSA) is 58.4 Å². The summed E-state index contributed by atoms with van der Waals surface area (Å²) in [5, 5.41) is 3.16. The van der Waals surface area contributed by atoms with Crippen LogP contribution < -0.4 is 11.1 Å². The van der Waals surface area contributed by atoms with Crippen molar-refractivity contribution >= 4 is 11.6 Å². The van der Waals surface area contributed by atoms with E-state index in [9.17, 15) is 4.79 Å². The van der Waals surface area contributed by atoms with Gasteiger partial charge in [0, 0.05) is 31.2 Å². The lowest BCUT2D eigenvalue weighted by Gasteiger charge is -2.32. The number of amides is 1. The summed E-state index contributed by atoms with van der Waals surface area (Å²) in [6.45, 7) is 5.59. The van der Waals surface area contributed by atoms with Gasteiger partial charge in [-0.05, 0) is 43.9 Å². The van der Waals surface area contributed by atoms with Crippen molar-refractivity contribution in [2.45, 2.75) is 45.1 Å². The van der Waals surface area contributed by atoms with Crippen molar-refractivity contribution < 1.29 is 4.79 Å². The van der Waals surface area contributed by atoms with E-state index in [1.807, 2.05) is 24.3 Å². The maximum Gasteiger partial charge on any atom is 0.220 e. The Labute approximate surface area is 127 Å². The molecule has 1 aliphatic rings. The SMILES string of the molecule is CCCN1CCC(NC(=O)CCc2ccccc2N)CC1. The average Bonchev–Trinajstić information content (AvgIpc) is 2.49. The molecule has 0 saturated carbocycles. The van der Waals surface area contributed by atoms with Crippen LogP contribution in [0.4, 0.5) is 5.69 Å². The van der Waals surface area contributed by atoms with E-state index in [1.165, 1.54) is 13.0 Å². The summed E-state index contributed by atoms with van der Waals surface area (Å²) in [5.74, 6) is 0.146. The number of carbonyl (C=O) groups excluding carboxylic acids is 1. The van der Waals surface area contributed by atoms with Gasteiger partial charge in [0.2, 0.25) is 5.91 Å². The van der Waals surface area contributed by atoms with Gasteiger partial charge >= 0.3 is 0 Å². The summed E-state index contributed by atoms with van der Waals surface area (Å²) >= 11 is 0. The van der Waals surface area contributed by atoms with Crippen molar-refractivity contribution in [3.05, 3.63) is 29.8 Å². The summed E-state index contributed by atoms with van der Waals surface area (Å²) in [4.78, 5) is 14.5. The Bertz CT molecular complexity index is 453. The van der Waals surface area contributed by atoms with E-state index in [2.05, 4.69) is 17.1 Å². The van der Waals surface area contributed by atoms with Gasteiger partial charge in [0.15, 0.2) is 0 Å². The number of benzene rings is 1. The van der Waals surface area contributed by atoms with E-state index in [0.717, 1.165) is 37.2 Å². The lowest BCUT2D eigenvalue weighted by atomic mass is 10.0. The second kappa shape index (κ2) is 8.03. The molecule has 2 rings (SSSR count). The van der Waals surface area contributed by atoms with Crippen LogP contribution in [0.3, 0.4) is 0 Å². The minimum atomic E-state index is 0.146. The molecule has 21 heavy (non-hydrogen) atoms. The quantitative estimate of drug-likeness (QED) is 0.789. The van der Waals surface area contributed by atoms with Gasteiger partial charge in [-0.2, -0.15) is 0 Å². The van der Waals surface area contributed by atoms with Crippen LogP contribution in [0.5, 0.6) is 0 Å². The number of likely N-dealkylation sites (tertiary alicyclic amines) is 1. The molecule has 0 radical (unpaired) electrons. The number of anilines is 1. The average molecular weight is 289 g/mol. The van der Waals surface area contributed by atoms with Gasteiger partial charge in [0.25, 0.3) is 0 Å². The number of piperidine rings is 1. The highest BCUT2D eigenvalue weighted by Gasteiger charge is 2.19. The molecule has 1 fully saturated rings. The molecular formula is C17H27N3O. The van der Waals surface area contributed by atoms with Crippen LogP contribution in [0.25, 0.3) is 0 Å². The molecule has 4 heteroatoms. The summed E-state index contributed by atoms with van der Waals surface area (Å²) in [6, 6.07) is 8.11. The van der Waals surface area contributed by atoms with Gasteiger partial charge in [0.1, 0.15) is 0 Å². The third-order valence-electron chi connectivity index (χ3n) is 4.17. The minimum absolute atomic E-state index is 0.146. The Kier molecular flexibility index (Phi) is 6.05. The molecule has 0 atom stereocenters. The first-order chi connectivity index (χ1) is 10.2. The maximum absolute atomic E-state index is 12.0. The number of nitrogens with one attached hydrogen (secondary N) is 1. The lowest BCUT2D eigenvalue weighted by Crippen LogP contribution is -2.44. The largest absolute Gasteiger partial charge is 0.399 e. The highest BCUT2D eigenvalue weighted by molar-refractivity contribution is 5.76. The second-order valence-corrected chi connectivity index (χ2v) is 5.88. The van der Waals surface area contributed by atoms with E-state index >= 15 is 0 Å². The van der Waals surface area contributed by atoms with E-state index < -0.39 is 0 Å². The number of aryl methyl sites for hydroxylation is 1. The van der Waals surface area contributed by atoms with Gasteiger partial charge in [0.05, 0.1) is 0 Å². The maximum atomic E-state index is 12.0. The number of nitrogens with two attached hydrogens (primary N) is 1. The second-order valence-electron chi connectivity index (χ2n) is 5.88. The molecule has 116 valence electrons. The smallest absolute Gasteiger partial charge is 0.220 e. The normalized spacial score (nSPS) is 16.8. The molecule has 1 heterocycles. The molecule has 1 aromatic rings. The summed E-state index contributed by atoms with van der Waals surface area (Å²) in [7, 11) is 0. The molecule has 0 aromatic heterocycles. The van der Waals surface area contributed by atoms with Gasteiger partial charge in [-0.3, -0.25) is 4.79 Å². The molecule has 3 N–H and O–H groups in total. The van der Waals surface area contributed by atoms with Crippen molar-refractivity contribution in [2.24, 2.45) is 0 Å². The Morgan fingerprint density at radius 2 is 2.05 bits per heavy atom. The summed E-state index contributed by atoms with van der Waals surface area (Å²) < 4.78 is 0. The zero-order valence-corrected chi connectivity index (χ0v) is 13.0. The lowest BCUT2D eigenvalue weighted by molar-refractivity contribution is -0.122. The van der Waals surface area contributed by atoms with Gasteiger partial charge < -0.3 is 16.0 Å². The zero-order chi connectivity index (χ0) is 15.1. The molecule has 1 saturated heterocycles. The van der Waals surface area contributed by atoms with E-state index in [4.69, 9.17) is 5.73 Å². The fraction of sp³-hybridized carbons (Fsp3) is 0.588. The third-order valence-corrected chi connectivity index (χ3v) is 4.17. The predicted molar refractivity (Wildman–Crippen MR) is 87.1 cm³/mol. The summed E-state index contributed by atoms with van der Waals surface area (Å²) in [6.07, 6.45) is 4.57. The van der Waals surface area contributed by atoms with Gasteiger partial charge in [-0.25, -0.2) is 0 Å². The molecule has 0 aliphatic carbocycles. The number of carbonyl (C=O) groups is 1. The molecule has 0 unspecified atom stereocenters. The highest BCUT2D eigenvalue weighted by Crippen LogP contribution is 2.14. The molecule has 0 spiro atoms. The van der Waals surface area contributed by atoms with Crippen LogP contribution in [-0.4, -0.2) is 36.5 Å². The Hall–Kier alpha value is -1.55. The number of rotatable bonds is 6. The molecule has 4 nitrogen and oxygen atoms in total. The van der Waals surface area contributed by atoms with Crippen LogP contribution in [0.15, 0.2) is 24.3 Å². The number of para-hydroxylation sites is 1. The van der Waals surface area contributed by atoms with E-state index in [0.29, 0.717) is 18.9 Å². The Morgan fingerprint density at radius 3 is 2.71 bits per heavy atom. The highest BCUT2D eigenvalue weighted by atomic mass is 16.1. The zero-order valence-electron chi connectivity index (χ0n) is 13.0. The third kappa shape index (κ3) is 5.05. The number of nitrogens with zero attached hydrogens (tertiary/aromatic N) is 1. The first kappa shape index (κ1) is 15.8. The molecule has 0 bridgehead atoms. The summed E-state index contributed by atoms with van der Waals surface area (Å²) in [5.41, 5.74) is 7.73. The van der Waals surface area contributed by atoms with Crippen molar-refractivity contribution in [1.29, 1.82) is 0 Å². The molecular weight excluding hydrogens is 262 g/mol. The van der Waals surface area contributed by atoms with Crippen LogP contribution in [0, 0.1) is 0 Å². The number of hydrogen-bond acceptors (Lipinski definition) is 3. The predicted octanol–water partition coefficient (Wildman–Crippen LogP) is 2.19. The van der Waals surface area contributed by atoms with Crippen molar-refractivity contribution in [2.75, 3.05) is 25.4 Å².